The van der Waals surface area contributed by atoms with E-state index in [4.69, 9.17) is 4.74 Å². The van der Waals surface area contributed by atoms with Crippen LogP contribution in [0.2, 0.25) is 0 Å². The van der Waals surface area contributed by atoms with Crippen molar-refractivity contribution in [2.24, 2.45) is 0 Å². The largest absolute Gasteiger partial charge is 0.378 e. The van der Waals surface area contributed by atoms with Gasteiger partial charge in [-0.2, -0.15) is 0 Å². The average Bonchev–Trinajstić information content (AvgIpc) is 2.74. The Bertz CT molecular complexity index is 782. The minimum absolute atomic E-state index is 0.0314. The highest BCUT2D eigenvalue weighted by atomic mass is 19.1. The van der Waals surface area contributed by atoms with Crippen molar-refractivity contribution < 1.29 is 13.9 Å². The number of hydrogen-bond acceptors (Lipinski definition) is 4. The number of benzene rings is 2. The van der Waals surface area contributed by atoms with Crippen LogP contribution in [0.5, 0.6) is 0 Å². The number of morpholine rings is 1. The SMILES string of the molecule is O=C(c1ccc(F)cc1)N1CCN(c2ccccc2N2CCOCC2)CC1. The molecule has 0 atom stereocenters. The lowest BCUT2D eigenvalue weighted by Crippen LogP contribution is -2.49. The maximum Gasteiger partial charge on any atom is 0.253 e. The van der Waals surface area contributed by atoms with E-state index in [0.29, 0.717) is 18.7 Å². The van der Waals surface area contributed by atoms with Crippen LogP contribution >= 0.6 is 0 Å². The van der Waals surface area contributed by atoms with Gasteiger partial charge in [0.2, 0.25) is 0 Å². The molecule has 0 unspecified atom stereocenters. The van der Waals surface area contributed by atoms with Gasteiger partial charge in [0.05, 0.1) is 24.6 Å². The van der Waals surface area contributed by atoms with E-state index in [1.54, 1.807) is 12.1 Å². The fourth-order valence-corrected chi connectivity index (χ4v) is 3.73. The highest BCUT2D eigenvalue weighted by Gasteiger charge is 2.25. The second kappa shape index (κ2) is 7.96. The van der Waals surface area contributed by atoms with Crippen LogP contribution in [-0.4, -0.2) is 63.3 Å². The molecular formula is C21H24FN3O2. The summed E-state index contributed by atoms with van der Waals surface area (Å²) in [5.74, 6) is -0.354. The maximum atomic E-state index is 13.1. The Kier molecular flexibility index (Phi) is 5.25. The molecule has 142 valence electrons. The standard InChI is InChI=1S/C21H24FN3O2/c22-18-7-5-17(6-8-18)21(26)25-11-9-23(10-12-25)19-3-1-2-4-20(19)24-13-15-27-16-14-24/h1-8H,9-16H2. The third-order valence-electron chi connectivity index (χ3n) is 5.23. The number of halogens is 1. The summed E-state index contributed by atoms with van der Waals surface area (Å²) in [5, 5.41) is 0. The number of anilines is 2. The lowest BCUT2D eigenvalue weighted by Gasteiger charge is -2.39. The van der Waals surface area contributed by atoms with E-state index in [1.165, 1.54) is 23.5 Å². The smallest absolute Gasteiger partial charge is 0.253 e. The molecular weight excluding hydrogens is 345 g/mol. The summed E-state index contributed by atoms with van der Waals surface area (Å²) >= 11 is 0. The Hall–Kier alpha value is -2.60. The van der Waals surface area contributed by atoms with Crippen molar-refractivity contribution in [3.05, 3.63) is 59.9 Å². The van der Waals surface area contributed by atoms with Gasteiger partial charge in [-0.25, -0.2) is 4.39 Å². The number of carbonyl (C=O) groups excluding carboxylic acids is 1. The topological polar surface area (TPSA) is 36.0 Å². The number of nitrogens with zero attached hydrogens (tertiary/aromatic N) is 3. The molecule has 6 heteroatoms. The van der Waals surface area contributed by atoms with Crippen molar-refractivity contribution in [2.75, 3.05) is 62.3 Å². The molecule has 0 bridgehead atoms. The molecule has 0 spiro atoms. The van der Waals surface area contributed by atoms with E-state index < -0.39 is 0 Å². The van der Waals surface area contributed by atoms with E-state index in [2.05, 4.69) is 34.1 Å². The third-order valence-corrected chi connectivity index (χ3v) is 5.23. The molecule has 2 saturated heterocycles. The van der Waals surface area contributed by atoms with Crippen LogP contribution in [0, 0.1) is 5.82 Å². The third kappa shape index (κ3) is 3.90. The van der Waals surface area contributed by atoms with Gasteiger partial charge in [-0.1, -0.05) is 12.1 Å². The highest BCUT2D eigenvalue weighted by Crippen LogP contribution is 2.30. The maximum absolute atomic E-state index is 13.1. The first-order chi connectivity index (χ1) is 13.2. The van der Waals surface area contributed by atoms with Crippen molar-refractivity contribution in [1.29, 1.82) is 0 Å². The van der Waals surface area contributed by atoms with Gasteiger partial charge < -0.3 is 19.4 Å². The molecule has 0 aromatic heterocycles. The zero-order valence-corrected chi connectivity index (χ0v) is 15.3. The highest BCUT2D eigenvalue weighted by molar-refractivity contribution is 5.94. The quantitative estimate of drug-likeness (QED) is 0.833. The first-order valence-electron chi connectivity index (χ1n) is 9.44. The monoisotopic (exact) mass is 369 g/mol. The Labute approximate surface area is 158 Å². The van der Waals surface area contributed by atoms with Gasteiger partial charge >= 0.3 is 0 Å². The Balaban J connectivity index is 1.43. The van der Waals surface area contributed by atoms with Crippen molar-refractivity contribution in [3.63, 3.8) is 0 Å². The Morgan fingerprint density at radius 3 is 1.93 bits per heavy atom. The predicted octanol–water partition coefficient (Wildman–Crippen LogP) is 2.62. The van der Waals surface area contributed by atoms with E-state index in [-0.39, 0.29) is 11.7 Å². The lowest BCUT2D eigenvalue weighted by atomic mass is 10.1. The summed E-state index contributed by atoms with van der Waals surface area (Å²) in [6.45, 7) is 6.21. The second-order valence-electron chi connectivity index (χ2n) is 6.87. The molecule has 2 fully saturated rings. The number of hydrogen-bond donors (Lipinski definition) is 0. The Morgan fingerprint density at radius 1 is 0.778 bits per heavy atom. The van der Waals surface area contributed by atoms with Gasteiger partial charge in [0, 0.05) is 44.8 Å². The molecule has 5 nitrogen and oxygen atoms in total. The van der Waals surface area contributed by atoms with Crippen LogP contribution in [0.1, 0.15) is 10.4 Å². The zero-order valence-electron chi connectivity index (χ0n) is 15.3. The fourth-order valence-electron chi connectivity index (χ4n) is 3.73. The summed E-state index contributed by atoms with van der Waals surface area (Å²) in [6.07, 6.45) is 0. The number of piperazine rings is 1. The first kappa shape index (κ1) is 17.8. The van der Waals surface area contributed by atoms with Gasteiger partial charge in [-0.15, -0.1) is 0 Å². The molecule has 2 heterocycles. The molecule has 0 aliphatic carbocycles. The minimum atomic E-state index is -0.323. The van der Waals surface area contributed by atoms with Crippen LogP contribution in [0.3, 0.4) is 0 Å². The number of ether oxygens (including phenoxy) is 1. The van der Waals surface area contributed by atoms with Crippen molar-refractivity contribution in [2.45, 2.75) is 0 Å². The summed E-state index contributed by atoms with van der Waals surface area (Å²) < 4.78 is 18.6. The molecule has 2 aromatic rings. The van der Waals surface area contributed by atoms with Crippen LogP contribution in [0.25, 0.3) is 0 Å². The van der Waals surface area contributed by atoms with Crippen molar-refractivity contribution >= 4 is 17.3 Å². The van der Waals surface area contributed by atoms with Gasteiger partial charge in [0.25, 0.3) is 5.91 Å². The zero-order chi connectivity index (χ0) is 18.6. The molecule has 2 aliphatic heterocycles. The predicted molar refractivity (Wildman–Crippen MR) is 104 cm³/mol. The van der Waals surface area contributed by atoms with Gasteiger partial charge in [-0.3, -0.25) is 4.79 Å². The van der Waals surface area contributed by atoms with Gasteiger partial charge in [0.1, 0.15) is 5.82 Å². The average molecular weight is 369 g/mol. The molecule has 2 aromatic carbocycles. The van der Waals surface area contributed by atoms with Gasteiger partial charge in [-0.05, 0) is 36.4 Å². The first-order valence-corrected chi connectivity index (χ1v) is 9.44. The molecule has 4 rings (SSSR count). The molecule has 1 amide bonds. The number of para-hydroxylation sites is 2. The van der Waals surface area contributed by atoms with E-state index in [0.717, 1.165) is 39.4 Å². The summed E-state index contributed by atoms with van der Waals surface area (Å²) in [6, 6.07) is 14.2. The van der Waals surface area contributed by atoms with E-state index in [1.807, 2.05) is 4.90 Å². The molecule has 27 heavy (non-hydrogen) atoms. The molecule has 2 aliphatic rings. The van der Waals surface area contributed by atoms with Crippen LogP contribution in [-0.2, 0) is 4.74 Å². The number of rotatable bonds is 3. The second-order valence-corrected chi connectivity index (χ2v) is 6.87. The van der Waals surface area contributed by atoms with Crippen LogP contribution < -0.4 is 9.80 Å². The van der Waals surface area contributed by atoms with Crippen LogP contribution in [0.4, 0.5) is 15.8 Å². The summed E-state index contributed by atoms with van der Waals surface area (Å²) in [5.41, 5.74) is 2.99. The Morgan fingerprint density at radius 2 is 1.33 bits per heavy atom. The van der Waals surface area contributed by atoms with Crippen molar-refractivity contribution in [1.82, 2.24) is 4.90 Å². The molecule has 0 N–H and O–H groups in total. The fraction of sp³-hybridized carbons (Fsp3) is 0.381. The van der Waals surface area contributed by atoms with Crippen LogP contribution in [0.15, 0.2) is 48.5 Å². The summed E-state index contributed by atoms with van der Waals surface area (Å²) in [4.78, 5) is 19.2. The van der Waals surface area contributed by atoms with Crippen molar-refractivity contribution in [3.8, 4) is 0 Å². The van der Waals surface area contributed by atoms with Gasteiger partial charge in [0.15, 0.2) is 0 Å². The summed E-state index contributed by atoms with van der Waals surface area (Å²) in [7, 11) is 0. The minimum Gasteiger partial charge on any atom is -0.378 e. The normalized spacial score (nSPS) is 17.9. The van der Waals surface area contributed by atoms with E-state index in [9.17, 15) is 9.18 Å². The molecule has 0 radical (unpaired) electrons. The number of carbonyl (C=O) groups is 1. The lowest BCUT2D eigenvalue weighted by molar-refractivity contribution is 0.0746. The number of amides is 1. The molecule has 0 saturated carbocycles. The van der Waals surface area contributed by atoms with E-state index >= 15 is 0 Å².